The molecule has 0 bridgehead atoms. The molecule has 0 radical (unpaired) electrons. The molecular formula is C8H8NO2S3+. The molecule has 2 aromatic rings. The first kappa shape index (κ1) is 9.95. The first-order valence-electron chi connectivity index (χ1n) is 3.88. The van der Waals surface area contributed by atoms with Gasteiger partial charge in [-0.3, -0.25) is 0 Å². The van der Waals surface area contributed by atoms with Gasteiger partial charge in [0.2, 0.25) is 6.54 Å². The van der Waals surface area contributed by atoms with E-state index in [0.29, 0.717) is 0 Å². The molecule has 2 heterocycles. The lowest BCUT2D eigenvalue weighted by molar-refractivity contribution is -0.689. The van der Waals surface area contributed by atoms with Gasteiger partial charge in [-0.15, -0.1) is 0 Å². The number of fused-ring (bicyclic) bond motifs is 1. The van der Waals surface area contributed by atoms with Gasteiger partial charge in [-0.05, 0) is 29.5 Å². The van der Waals surface area contributed by atoms with E-state index in [4.69, 9.17) is 5.11 Å². The number of carbonyl (C=O) groups is 1. The molecule has 3 nitrogen and oxygen atoms in total. The van der Waals surface area contributed by atoms with Gasteiger partial charge in [0.05, 0.1) is 0 Å². The summed E-state index contributed by atoms with van der Waals surface area (Å²) in [5.41, 5.74) is 0. The Morgan fingerprint density at radius 2 is 2.50 bits per heavy atom. The normalized spacial score (nSPS) is 10.9. The predicted molar refractivity (Wildman–Crippen MR) is 59.3 cm³/mol. The molecule has 2 aromatic heterocycles. The van der Waals surface area contributed by atoms with Gasteiger partial charge in [0, 0.05) is 0 Å². The van der Waals surface area contributed by atoms with E-state index in [2.05, 4.69) is 0 Å². The second-order valence-corrected chi connectivity index (χ2v) is 5.62. The van der Waals surface area contributed by atoms with Crippen molar-refractivity contribution in [2.24, 2.45) is 0 Å². The minimum atomic E-state index is -0.793. The van der Waals surface area contributed by atoms with E-state index in [0.717, 1.165) is 9.17 Å². The number of thiophene rings is 1. The van der Waals surface area contributed by atoms with Crippen molar-refractivity contribution in [3.05, 3.63) is 11.4 Å². The summed E-state index contributed by atoms with van der Waals surface area (Å²) in [5.74, 6) is -0.793. The van der Waals surface area contributed by atoms with Crippen LogP contribution in [0.25, 0.3) is 9.53 Å². The van der Waals surface area contributed by atoms with E-state index in [9.17, 15) is 4.79 Å². The van der Waals surface area contributed by atoms with Gasteiger partial charge in [-0.2, -0.15) is 4.57 Å². The highest BCUT2D eigenvalue weighted by atomic mass is 32.2. The Kier molecular flexibility index (Phi) is 2.76. The molecule has 0 saturated carbocycles. The summed E-state index contributed by atoms with van der Waals surface area (Å²) in [7, 11) is 0. The van der Waals surface area contributed by atoms with Crippen molar-refractivity contribution in [3.8, 4) is 0 Å². The molecule has 0 aliphatic carbocycles. The number of aromatic nitrogens is 1. The van der Waals surface area contributed by atoms with Gasteiger partial charge in [0.15, 0.2) is 0 Å². The van der Waals surface area contributed by atoms with Gasteiger partial charge in [-0.25, -0.2) is 4.79 Å². The number of aliphatic carboxylic acids is 1. The van der Waals surface area contributed by atoms with Crippen molar-refractivity contribution >= 4 is 49.9 Å². The molecule has 0 spiro atoms. The quantitative estimate of drug-likeness (QED) is 0.666. The number of rotatable bonds is 3. The molecule has 2 rings (SSSR count). The summed E-state index contributed by atoms with van der Waals surface area (Å²) in [6, 6.07) is 2.03. The summed E-state index contributed by atoms with van der Waals surface area (Å²) in [6.45, 7) is 0.0523. The van der Waals surface area contributed by atoms with Crippen LogP contribution >= 0.6 is 34.4 Å². The zero-order valence-electron chi connectivity index (χ0n) is 7.39. The summed E-state index contributed by atoms with van der Waals surface area (Å²) in [6.07, 6.45) is 1.97. The third-order valence-electron chi connectivity index (χ3n) is 1.74. The molecule has 0 unspecified atom stereocenters. The maximum Gasteiger partial charge on any atom is 0.370 e. The highest BCUT2D eigenvalue weighted by molar-refractivity contribution is 8.00. The Bertz CT molecular complexity index is 474. The number of hydrogen-bond acceptors (Lipinski definition) is 4. The Hall–Kier alpha value is -0.590. The third kappa shape index (κ3) is 1.65. The van der Waals surface area contributed by atoms with Crippen LogP contribution in [0.4, 0.5) is 0 Å². The topological polar surface area (TPSA) is 41.2 Å². The largest absolute Gasteiger partial charge is 0.477 e. The zero-order chi connectivity index (χ0) is 10.1. The lowest BCUT2D eigenvalue weighted by Gasteiger charge is -1.90. The fourth-order valence-electron chi connectivity index (χ4n) is 1.22. The molecule has 1 N–H and O–H groups in total. The lowest BCUT2D eigenvalue weighted by Crippen LogP contribution is -2.37. The van der Waals surface area contributed by atoms with Crippen molar-refractivity contribution < 1.29 is 14.5 Å². The Labute approximate surface area is 93.0 Å². The van der Waals surface area contributed by atoms with Crippen molar-refractivity contribution in [1.82, 2.24) is 0 Å². The van der Waals surface area contributed by atoms with Crippen LogP contribution in [0.2, 0.25) is 0 Å². The van der Waals surface area contributed by atoms with Crippen molar-refractivity contribution in [2.45, 2.75) is 10.9 Å². The van der Waals surface area contributed by atoms with Crippen molar-refractivity contribution in [2.75, 3.05) is 6.26 Å². The standard InChI is InChI=1S/C8H7NO2S3/c1-12-8-9(4-6(10)11)7-5(14-8)2-3-13-7/h2-3H,4H2,1H3/p+1. The van der Waals surface area contributed by atoms with E-state index in [1.54, 1.807) is 34.4 Å². The van der Waals surface area contributed by atoms with Crippen LogP contribution in [0, 0.1) is 0 Å². The summed E-state index contributed by atoms with van der Waals surface area (Å²) in [4.78, 5) is 11.7. The number of nitrogens with zero attached hydrogens (tertiary/aromatic N) is 1. The maximum atomic E-state index is 10.7. The fraction of sp³-hybridized carbons (Fsp3) is 0.250. The second kappa shape index (κ2) is 3.88. The number of carboxylic acid groups (broad SMARTS) is 1. The summed E-state index contributed by atoms with van der Waals surface area (Å²) in [5, 5.41) is 10.8. The molecule has 0 aliphatic rings. The Morgan fingerprint density at radius 3 is 3.14 bits per heavy atom. The van der Waals surface area contributed by atoms with Crippen LogP contribution in [0.15, 0.2) is 15.8 Å². The molecule has 0 aromatic carbocycles. The molecule has 0 saturated heterocycles. The third-order valence-corrected chi connectivity index (χ3v) is 5.07. The Morgan fingerprint density at radius 1 is 1.71 bits per heavy atom. The average molecular weight is 246 g/mol. The number of thioether (sulfide) groups is 1. The Balaban J connectivity index is 2.55. The zero-order valence-corrected chi connectivity index (χ0v) is 9.84. The molecule has 0 amide bonds. The molecule has 0 atom stereocenters. The van der Waals surface area contributed by atoms with Gasteiger partial charge in [0.1, 0.15) is 4.70 Å². The minimum Gasteiger partial charge on any atom is -0.477 e. The van der Waals surface area contributed by atoms with Crippen LogP contribution in [0.5, 0.6) is 0 Å². The molecule has 6 heteroatoms. The van der Waals surface area contributed by atoms with Gasteiger partial charge < -0.3 is 5.11 Å². The molecule has 0 aliphatic heterocycles. The van der Waals surface area contributed by atoms with Gasteiger partial charge >= 0.3 is 5.97 Å². The van der Waals surface area contributed by atoms with E-state index in [-0.39, 0.29) is 6.54 Å². The summed E-state index contributed by atoms with van der Waals surface area (Å²) >= 11 is 4.83. The fourth-order valence-corrected chi connectivity index (χ4v) is 4.26. The molecule has 0 fully saturated rings. The van der Waals surface area contributed by atoms with Gasteiger partial charge in [-0.1, -0.05) is 22.7 Å². The van der Waals surface area contributed by atoms with Crippen LogP contribution in [-0.4, -0.2) is 17.3 Å². The van der Waals surface area contributed by atoms with E-state index in [1.807, 2.05) is 22.3 Å². The van der Waals surface area contributed by atoms with Crippen LogP contribution < -0.4 is 4.57 Å². The van der Waals surface area contributed by atoms with Crippen molar-refractivity contribution in [1.29, 1.82) is 0 Å². The summed E-state index contributed by atoms with van der Waals surface area (Å²) < 4.78 is 4.08. The second-order valence-electron chi connectivity index (χ2n) is 2.64. The average Bonchev–Trinajstić information content (AvgIpc) is 2.67. The predicted octanol–water partition coefficient (Wildman–Crippen LogP) is 2.06. The SMILES string of the molecule is CSc1sc2ccsc2[n+]1CC(=O)O. The monoisotopic (exact) mass is 246 g/mol. The maximum absolute atomic E-state index is 10.7. The first-order chi connectivity index (χ1) is 6.72. The van der Waals surface area contributed by atoms with Crippen molar-refractivity contribution in [3.63, 3.8) is 0 Å². The minimum absolute atomic E-state index is 0.0523. The highest BCUT2D eigenvalue weighted by Gasteiger charge is 2.23. The first-order valence-corrected chi connectivity index (χ1v) is 6.80. The molecular weight excluding hydrogens is 238 g/mol. The smallest absolute Gasteiger partial charge is 0.370 e. The van der Waals surface area contributed by atoms with Crippen LogP contribution in [-0.2, 0) is 11.3 Å². The van der Waals surface area contributed by atoms with E-state index in [1.165, 1.54) is 4.70 Å². The van der Waals surface area contributed by atoms with Crippen LogP contribution in [0.3, 0.4) is 0 Å². The molecule has 14 heavy (non-hydrogen) atoms. The van der Waals surface area contributed by atoms with Crippen LogP contribution in [0.1, 0.15) is 0 Å². The number of thiazole rings is 1. The number of hydrogen-bond donors (Lipinski definition) is 1. The molecule has 74 valence electrons. The van der Waals surface area contributed by atoms with E-state index >= 15 is 0 Å². The van der Waals surface area contributed by atoms with E-state index < -0.39 is 5.97 Å². The van der Waals surface area contributed by atoms with Gasteiger partial charge in [0.25, 0.3) is 9.17 Å². The number of carboxylic acids is 1. The highest BCUT2D eigenvalue weighted by Crippen LogP contribution is 2.29. The lowest BCUT2D eigenvalue weighted by atomic mass is 10.6.